The molecule has 0 spiro atoms. The molecule has 0 bridgehead atoms. The maximum atomic E-state index is 9.71. The van der Waals surface area contributed by atoms with Gasteiger partial charge in [0, 0.05) is 4.47 Å². The molecule has 0 saturated heterocycles. The van der Waals surface area contributed by atoms with E-state index in [4.69, 9.17) is 0 Å². The van der Waals surface area contributed by atoms with E-state index < -0.39 is 0 Å². The lowest BCUT2D eigenvalue weighted by molar-refractivity contribution is 0.156. The monoisotopic (exact) mass is 226 g/mol. The zero-order chi connectivity index (χ0) is 8.55. The molecule has 1 nitrogen and oxygen atoms in total. The van der Waals surface area contributed by atoms with Crippen molar-refractivity contribution < 1.29 is 5.11 Å². The Morgan fingerprint density at radius 3 is 3.00 bits per heavy atom. The zero-order valence-corrected chi connectivity index (χ0v) is 8.34. The van der Waals surface area contributed by atoms with Crippen LogP contribution >= 0.6 is 15.9 Å². The van der Waals surface area contributed by atoms with Gasteiger partial charge in [0.15, 0.2) is 0 Å². The second kappa shape index (κ2) is 3.19. The van der Waals surface area contributed by atoms with Crippen molar-refractivity contribution in [2.45, 2.75) is 25.4 Å². The predicted molar refractivity (Wildman–Crippen MR) is 52.0 cm³/mol. The van der Waals surface area contributed by atoms with Gasteiger partial charge in [-0.3, -0.25) is 0 Å². The molecule has 0 fully saturated rings. The number of hydrogen-bond donors (Lipinski definition) is 1. The normalized spacial score (nSPS) is 22.0. The van der Waals surface area contributed by atoms with Crippen LogP contribution in [-0.2, 0) is 6.42 Å². The summed E-state index contributed by atoms with van der Waals surface area (Å²) in [7, 11) is 0. The number of benzene rings is 1. The standard InChI is InChI=1S/C10H11BrO/c11-8-5-1-3-7-4-2-6-9(12)10(7)8/h1,3,5,9,12H,2,4,6H2/t9-/m1/s1. The van der Waals surface area contributed by atoms with E-state index in [0.717, 1.165) is 29.3 Å². The highest BCUT2D eigenvalue weighted by Gasteiger charge is 2.19. The minimum atomic E-state index is -0.260. The zero-order valence-electron chi connectivity index (χ0n) is 6.76. The Morgan fingerprint density at radius 2 is 2.25 bits per heavy atom. The highest BCUT2D eigenvalue weighted by atomic mass is 79.9. The highest BCUT2D eigenvalue weighted by Crippen LogP contribution is 2.34. The predicted octanol–water partition coefficient (Wildman–Crippen LogP) is 2.82. The van der Waals surface area contributed by atoms with Crippen LogP contribution in [0.1, 0.15) is 30.1 Å². The summed E-state index contributed by atoms with van der Waals surface area (Å²) in [4.78, 5) is 0. The lowest BCUT2D eigenvalue weighted by Gasteiger charge is -2.22. The molecule has 64 valence electrons. The van der Waals surface area contributed by atoms with E-state index in [-0.39, 0.29) is 6.10 Å². The van der Waals surface area contributed by atoms with E-state index in [1.165, 1.54) is 5.56 Å². The molecule has 1 aliphatic carbocycles. The van der Waals surface area contributed by atoms with E-state index in [9.17, 15) is 5.11 Å². The molecule has 1 atom stereocenters. The van der Waals surface area contributed by atoms with Crippen molar-refractivity contribution in [3.63, 3.8) is 0 Å². The van der Waals surface area contributed by atoms with Gasteiger partial charge in [0.25, 0.3) is 0 Å². The molecule has 0 aliphatic heterocycles. The van der Waals surface area contributed by atoms with Gasteiger partial charge < -0.3 is 5.11 Å². The molecule has 0 unspecified atom stereocenters. The van der Waals surface area contributed by atoms with Crippen molar-refractivity contribution in [3.8, 4) is 0 Å². The molecule has 0 saturated carbocycles. The van der Waals surface area contributed by atoms with Crippen molar-refractivity contribution in [2.75, 3.05) is 0 Å². The Bertz CT molecular complexity index is 296. The molecule has 1 aromatic rings. The quantitative estimate of drug-likeness (QED) is 0.722. The molecule has 12 heavy (non-hydrogen) atoms. The van der Waals surface area contributed by atoms with Gasteiger partial charge in [-0.1, -0.05) is 28.1 Å². The lowest BCUT2D eigenvalue weighted by Crippen LogP contribution is -2.09. The largest absolute Gasteiger partial charge is 0.388 e. The lowest BCUT2D eigenvalue weighted by atomic mass is 9.90. The highest BCUT2D eigenvalue weighted by molar-refractivity contribution is 9.10. The number of aliphatic hydroxyl groups excluding tert-OH is 1. The van der Waals surface area contributed by atoms with Gasteiger partial charge in [-0.2, -0.15) is 0 Å². The molecule has 1 N–H and O–H groups in total. The summed E-state index contributed by atoms with van der Waals surface area (Å²) >= 11 is 3.46. The molecule has 0 aromatic heterocycles. The first kappa shape index (κ1) is 8.27. The number of fused-ring (bicyclic) bond motifs is 1. The SMILES string of the molecule is O[C@@H]1CCCc2cccc(Br)c21. The van der Waals surface area contributed by atoms with Crippen LogP contribution in [0.5, 0.6) is 0 Å². The van der Waals surface area contributed by atoms with Crippen LogP contribution in [0.4, 0.5) is 0 Å². The van der Waals surface area contributed by atoms with Crippen LogP contribution in [0.15, 0.2) is 22.7 Å². The molecule has 2 rings (SSSR count). The fraction of sp³-hybridized carbons (Fsp3) is 0.400. The maximum Gasteiger partial charge on any atom is 0.0803 e. The van der Waals surface area contributed by atoms with Crippen molar-refractivity contribution in [1.29, 1.82) is 0 Å². The third-order valence-corrected chi connectivity index (χ3v) is 3.09. The Hall–Kier alpha value is -0.340. The van der Waals surface area contributed by atoms with Gasteiger partial charge in [-0.05, 0) is 36.5 Å². The van der Waals surface area contributed by atoms with Gasteiger partial charge in [0.2, 0.25) is 0 Å². The van der Waals surface area contributed by atoms with Crippen LogP contribution < -0.4 is 0 Å². The maximum absolute atomic E-state index is 9.71. The van der Waals surface area contributed by atoms with E-state index in [2.05, 4.69) is 22.0 Å². The first-order valence-electron chi connectivity index (χ1n) is 4.24. The van der Waals surface area contributed by atoms with E-state index >= 15 is 0 Å². The number of rotatable bonds is 0. The molecular weight excluding hydrogens is 216 g/mol. The summed E-state index contributed by atoms with van der Waals surface area (Å²) in [6.45, 7) is 0. The number of aliphatic hydroxyl groups is 1. The van der Waals surface area contributed by atoms with Gasteiger partial charge in [0.1, 0.15) is 0 Å². The van der Waals surface area contributed by atoms with Crippen molar-refractivity contribution in [2.24, 2.45) is 0 Å². The average Bonchev–Trinajstić information content (AvgIpc) is 2.04. The average molecular weight is 227 g/mol. The van der Waals surface area contributed by atoms with E-state index in [0.29, 0.717) is 0 Å². The molecule has 0 heterocycles. The van der Waals surface area contributed by atoms with Crippen molar-refractivity contribution in [3.05, 3.63) is 33.8 Å². The van der Waals surface area contributed by atoms with Crippen LogP contribution in [0, 0.1) is 0 Å². The van der Waals surface area contributed by atoms with Gasteiger partial charge in [-0.25, -0.2) is 0 Å². The van der Waals surface area contributed by atoms with E-state index in [1.807, 2.05) is 12.1 Å². The summed E-state index contributed by atoms with van der Waals surface area (Å²) in [6.07, 6.45) is 2.84. The van der Waals surface area contributed by atoms with Crippen LogP contribution in [-0.4, -0.2) is 5.11 Å². The number of hydrogen-bond acceptors (Lipinski definition) is 1. The van der Waals surface area contributed by atoms with Crippen LogP contribution in [0.3, 0.4) is 0 Å². The summed E-state index contributed by atoms with van der Waals surface area (Å²) in [5.41, 5.74) is 2.40. The summed E-state index contributed by atoms with van der Waals surface area (Å²) in [5.74, 6) is 0. The Labute approximate surface area is 80.5 Å². The Morgan fingerprint density at radius 1 is 1.42 bits per heavy atom. The molecule has 0 amide bonds. The second-order valence-electron chi connectivity index (χ2n) is 3.22. The summed E-state index contributed by atoms with van der Waals surface area (Å²) in [6, 6.07) is 6.12. The molecule has 1 aliphatic rings. The topological polar surface area (TPSA) is 20.2 Å². The van der Waals surface area contributed by atoms with Crippen molar-refractivity contribution in [1.82, 2.24) is 0 Å². The molecule has 0 radical (unpaired) electrons. The first-order chi connectivity index (χ1) is 5.79. The van der Waals surface area contributed by atoms with E-state index in [1.54, 1.807) is 0 Å². The third-order valence-electron chi connectivity index (χ3n) is 2.40. The van der Waals surface area contributed by atoms with Gasteiger partial charge in [0.05, 0.1) is 6.10 Å². The third kappa shape index (κ3) is 1.29. The number of halogens is 1. The molecule has 1 aromatic carbocycles. The van der Waals surface area contributed by atoms with Gasteiger partial charge in [-0.15, -0.1) is 0 Å². The summed E-state index contributed by atoms with van der Waals surface area (Å²) < 4.78 is 1.05. The van der Waals surface area contributed by atoms with Crippen LogP contribution in [0.25, 0.3) is 0 Å². The summed E-state index contributed by atoms with van der Waals surface area (Å²) in [5, 5.41) is 9.71. The Kier molecular flexibility index (Phi) is 2.20. The van der Waals surface area contributed by atoms with Crippen molar-refractivity contribution >= 4 is 15.9 Å². The molecule has 2 heteroatoms. The second-order valence-corrected chi connectivity index (χ2v) is 4.07. The Balaban J connectivity index is 2.53. The number of aryl methyl sites for hydroxylation is 1. The smallest absolute Gasteiger partial charge is 0.0803 e. The van der Waals surface area contributed by atoms with Crippen LogP contribution in [0.2, 0.25) is 0 Å². The fourth-order valence-electron chi connectivity index (χ4n) is 1.80. The fourth-order valence-corrected chi connectivity index (χ4v) is 2.47. The minimum absolute atomic E-state index is 0.260. The molecular formula is C10H11BrO. The first-order valence-corrected chi connectivity index (χ1v) is 5.03. The van der Waals surface area contributed by atoms with Gasteiger partial charge >= 0.3 is 0 Å². The minimum Gasteiger partial charge on any atom is -0.388 e.